The second-order valence-corrected chi connectivity index (χ2v) is 5.64. The van der Waals surface area contributed by atoms with Crippen LogP contribution in [0, 0.1) is 11.3 Å². The Balaban J connectivity index is 1.72. The van der Waals surface area contributed by atoms with Crippen LogP contribution in [0.2, 0.25) is 0 Å². The molecule has 3 rings (SSSR count). The van der Waals surface area contributed by atoms with Gasteiger partial charge in [-0.3, -0.25) is 9.69 Å². The van der Waals surface area contributed by atoms with Crippen molar-refractivity contribution < 1.29 is 4.79 Å². The monoisotopic (exact) mass is 297 g/mol. The molecule has 1 amide bonds. The molecular formula is C16H19N5O. The van der Waals surface area contributed by atoms with Crippen LogP contribution in [0.5, 0.6) is 0 Å². The van der Waals surface area contributed by atoms with Crippen LogP contribution in [-0.2, 0) is 11.3 Å². The number of hydrogen-bond acceptors (Lipinski definition) is 4. The van der Waals surface area contributed by atoms with Gasteiger partial charge in [0, 0.05) is 5.69 Å². The fraction of sp³-hybridized carbons (Fsp3) is 0.438. The summed E-state index contributed by atoms with van der Waals surface area (Å²) in [6, 6.07) is 7.39. The number of H-pyrrole nitrogens is 1. The summed E-state index contributed by atoms with van der Waals surface area (Å²) in [6.07, 6.45) is 3.70. The van der Waals surface area contributed by atoms with E-state index in [0.29, 0.717) is 5.69 Å². The molecule has 0 spiro atoms. The van der Waals surface area contributed by atoms with E-state index in [0.717, 1.165) is 36.5 Å². The van der Waals surface area contributed by atoms with Crippen molar-refractivity contribution in [2.45, 2.75) is 32.2 Å². The highest BCUT2D eigenvalue weighted by molar-refractivity contribution is 5.94. The summed E-state index contributed by atoms with van der Waals surface area (Å²) in [4.78, 5) is 21.8. The van der Waals surface area contributed by atoms with Gasteiger partial charge in [-0.25, -0.2) is 4.98 Å². The minimum Gasteiger partial charge on any atom is -0.341 e. The van der Waals surface area contributed by atoms with E-state index in [1.54, 1.807) is 0 Å². The molecule has 1 saturated heterocycles. The number of hydrogen-bond donors (Lipinski definition) is 2. The number of aromatic nitrogens is 2. The number of fused-ring (bicyclic) bond motifs is 1. The lowest BCUT2D eigenvalue weighted by Crippen LogP contribution is -2.29. The van der Waals surface area contributed by atoms with Gasteiger partial charge in [0.05, 0.1) is 23.6 Å². The fourth-order valence-corrected chi connectivity index (χ4v) is 2.82. The third-order valence-electron chi connectivity index (χ3n) is 3.88. The van der Waals surface area contributed by atoms with Gasteiger partial charge < -0.3 is 10.3 Å². The van der Waals surface area contributed by atoms with E-state index < -0.39 is 0 Å². The first-order chi connectivity index (χ1) is 10.7. The third kappa shape index (κ3) is 3.43. The molecule has 6 nitrogen and oxygen atoms in total. The van der Waals surface area contributed by atoms with E-state index in [9.17, 15) is 4.79 Å². The van der Waals surface area contributed by atoms with Crippen LogP contribution in [0.3, 0.4) is 0 Å². The molecule has 1 aliphatic heterocycles. The summed E-state index contributed by atoms with van der Waals surface area (Å²) < 4.78 is 0. The Labute approximate surface area is 129 Å². The quantitative estimate of drug-likeness (QED) is 0.907. The number of benzene rings is 1. The Hall–Kier alpha value is -2.39. The third-order valence-corrected chi connectivity index (χ3v) is 3.88. The molecule has 2 N–H and O–H groups in total. The molecule has 0 bridgehead atoms. The molecule has 0 atom stereocenters. The van der Waals surface area contributed by atoms with Crippen molar-refractivity contribution in [1.82, 2.24) is 14.9 Å². The first kappa shape index (κ1) is 14.5. The summed E-state index contributed by atoms with van der Waals surface area (Å²) in [6.45, 7) is 3.10. The summed E-state index contributed by atoms with van der Waals surface area (Å²) in [5.41, 5.74) is 2.48. The molecular weight excluding hydrogens is 278 g/mol. The Kier molecular flexibility index (Phi) is 4.35. The van der Waals surface area contributed by atoms with Gasteiger partial charge in [-0.05, 0) is 44.1 Å². The van der Waals surface area contributed by atoms with Crippen molar-refractivity contribution in [3.05, 3.63) is 24.0 Å². The van der Waals surface area contributed by atoms with E-state index in [2.05, 4.69) is 20.2 Å². The van der Waals surface area contributed by atoms with Crippen molar-refractivity contribution in [2.75, 3.05) is 18.4 Å². The van der Waals surface area contributed by atoms with E-state index in [4.69, 9.17) is 5.26 Å². The van der Waals surface area contributed by atoms with E-state index in [-0.39, 0.29) is 12.3 Å². The molecule has 114 valence electrons. The number of likely N-dealkylation sites (tertiary alicyclic amines) is 1. The molecule has 2 heterocycles. The number of nitrogens with zero attached hydrogens (tertiary/aromatic N) is 3. The average molecular weight is 297 g/mol. The van der Waals surface area contributed by atoms with E-state index in [1.165, 1.54) is 19.3 Å². The molecule has 1 aromatic heterocycles. The summed E-state index contributed by atoms with van der Waals surface area (Å²) in [5, 5.41) is 11.2. The molecule has 2 aromatic rings. The Morgan fingerprint density at radius 3 is 2.95 bits per heavy atom. The number of aromatic amines is 1. The zero-order valence-electron chi connectivity index (χ0n) is 12.4. The lowest BCUT2D eigenvalue weighted by molar-refractivity contribution is -0.115. The largest absolute Gasteiger partial charge is 0.341 e. The van der Waals surface area contributed by atoms with Crippen molar-refractivity contribution >= 4 is 22.6 Å². The predicted molar refractivity (Wildman–Crippen MR) is 84.1 cm³/mol. The molecule has 22 heavy (non-hydrogen) atoms. The first-order valence-corrected chi connectivity index (χ1v) is 7.62. The molecule has 1 fully saturated rings. The lowest BCUT2D eigenvalue weighted by atomic mass is 10.1. The molecule has 1 aromatic carbocycles. The molecule has 6 heteroatoms. The highest BCUT2D eigenvalue weighted by Gasteiger charge is 2.13. The number of piperidine rings is 1. The molecule has 0 saturated carbocycles. The summed E-state index contributed by atoms with van der Waals surface area (Å²) in [7, 11) is 0. The number of nitriles is 1. The van der Waals surface area contributed by atoms with E-state index >= 15 is 0 Å². The highest BCUT2D eigenvalue weighted by atomic mass is 16.1. The zero-order chi connectivity index (χ0) is 15.4. The topological polar surface area (TPSA) is 84.8 Å². The highest BCUT2D eigenvalue weighted by Crippen LogP contribution is 2.19. The maximum absolute atomic E-state index is 11.5. The SMILES string of the molecule is N#CCC(=O)Nc1ccc2nc(CN3CCCCC3)[nH]c2c1. The number of carbonyl (C=O) groups is 1. The molecule has 0 aliphatic carbocycles. The minimum atomic E-state index is -0.296. The predicted octanol–water partition coefficient (Wildman–Crippen LogP) is 2.40. The fourth-order valence-electron chi connectivity index (χ4n) is 2.82. The van der Waals surface area contributed by atoms with Crippen LogP contribution in [0.1, 0.15) is 31.5 Å². The Morgan fingerprint density at radius 1 is 1.36 bits per heavy atom. The number of rotatable bonds is 4. The van der Waals surface area contributed by atoms with Crippen LogP contribution < -0.4 is 5.32 Å². The number of imidazole rings is 1. The Morgan fingerprint density at radius 2 is 2.18 bits per heavy atom. The number of carbonyl (C=O) groups excluding carboxylic acids is 1. The maximum Gasteiger partial charge on any atom is 0.238 e. The van der Waals surface area contributed by atoms with Gasteiger partial charge in [0.25, 0.3) is 0 Å². The van der Waals surface area contributed by atoms with Gasteiger partial charge in [-0.15, -0.1) is 0 Å². The minimum absolute atomic E-state index is 0.138. The standard InChI is InChI=1S/C16H19N5O/c17-7-6-16(22)18-12-4-5-13-14(10-12)20-15(19-13)11-21-8-2-1-3-9-21/h4-5,10H,1-3,6,8-9,11H2,(H,18,22)(H,19,20). The number of nitrogens with one attached hydrogen (secondary N) is 2. The van der Waals surface area contributed by atoms with Crippen molar-refractivity contribution in [2.24, 2.45) is 0 Å². The van der Waals surface area contributed by atoms with Crippen molar-refractivity contribution in [3.63, 3.8) is 0 Å². The van der Waals surface area contributed by atoms with Crippen molar-refractivity contribution in [1.29, 1.82) is 5.26 Å². The van der Waals surface area contributed by atoms with Gasteiger partial charge in [0.15, 0.2) is 0 Å². The average Bonchev–Trinajstić information content (AvgIpc) is 2.90. The zero-order valence-corrected chi connectivity index (χ0v) is 12.4. The Bertz CT molecular complexity index is 709. The number of anilines is 1. The second-order valence-electron chi connectivity index (χ2n) is 5.64. The molecule has 0 unspecified atom stereocenters. The van der Waals surface area contributed by atoms with Gasteiger partial charge in [0.2, 0.25) is 5.91 Å². The first-order valence-electron chi connectivity index (χ1n) is 7.62. The van der Waals surface area contributed by atoms with Gasteiger partial charge in [-0.2, -0.15) is 5.26 Å². The van der Waals surface area contributed by atoms with Crippen LogP contribution in [0.4, 0.5) is 5.69 Å². The van der Waals surface area contributed by atoms with E-state index in [1.807, 2.05) is 24.3 Å². The van der Waals surface area contributed by atoms with Gasteiger partial charge in [-0.1, -0.05) is 6.42 Å². The van der Waals surface area contributed by atoms with Crippen molar-refractivity contribution in [3.8, 4) is 6.07 Å². The second kappa shape index (κ2) is 6.58. The lowest BCUT2D eigenvalue weighted by Gasteiger charge is -2.25. The van der Waals surface area contributed by atoms with Gasteiger partial charge in [0.1, 0.15) is 12.2 Å². The molecule has 0 radical (unpaired) electrons. The van der Waals surface area contributed by atoms with Crippen LogP contribution in [0.15, 0.2) is 18.2 Å². The van der Waals surface area contributed by atoms with Gasteiger partial charge >= 0.3 is 0 Å². The van der Waals surface area contributed by atoms with Crippen LogP contribution >= 0.6 is 0 Å². The van der Waals surface area contributed by atoms with Crippen LogP contribution in [0.25, 0.3) is 11.0 Å². The number of amides is 1. The van der Waals surface area contributed by atoms with Crippen LogP contribution in [-0.4, -0.2) is 33.9 Å². The summed E-state index contributed by atoms with van der Waals surface area (Å²) >= 11 is 0. The molecule has 1 aliphatic rings. The smallest absolute Gasteiger partial charge is 0.238 e. The normalized spacial score (nSPS) is 15.6. The maximum atomic E-state index is 11.5. The summed E-state index contributed by atoms with van der Waals surface area (Å²) in [5.74, 6) is 0.660.